The van der Waals surface area contributed by atoms with E-state index in [1.165, 1.54) is 0 Å². The standard InChI is InChI=1S/C14H18FNO2/c1-16-8-12(17)11-7-13(18-2)9-5-3-4-6-10(9)14(11)15/h7,16H,3-6,8H2,1-2H3. The molecular weight excluding hydrogens is 233 g/mol. The number of nitrogens with one attached hydrogen (secondary N) is 1. The highest BCUT2D eigenvalue weighted by Crippen LogP contribution is 2.33. The van der Waals surface area contributed by atoms with Gasteiger partial charge in [0.25, 0.3) is 0 Å². The third-order valence-corrected chi connectivity index (χ3v) is 3.40. The predicted octanol–water partition coefficient (Wildman–Crippen LogP) is 2.12. The maximum atomic E-state index is 14.3. The molecule has 1 N–H and O–H groups in total. The Morgan fingerprint density at radius 3 is 2.67 bits per heavy atom. The highest BCUT2D eigenvalue weighted by molar-refractivity contribution is 5.98. The number of rotatable bonds is 4. The minimum absolute atomic E-state index is 0.138. The minimum atomic E-state index is -0.356. The number of ketones is 1. The van der Waals surface area contributed by atoms with Gasteiger partial charge in [-0.2, -0.15) is 0 Å². The van der Waals surface area contributed by atoms with Gasteiger partial charge in [-0.1, -0.05) is 0 Å². The number of likely N-dealkylation sites (N-methyl/N-ethyl adjacent to an activating group) is 1. The summed E-state index contributed by atoms with van der Waals surface area (Å²) >= 11 is 0. The molecule has 1 aliphatic rings. The second-order valence-electron chi connectivity index (χ2n) is 4.56. The summed E-state index contributed by atoms with van der Waals surface area (Å²) in [5, 5.41) is 2.75. The van der Waals surface area contributed by atoms with E-state index >= 15 is 0 Å². The van der Waals surface area contributed by atoms with Gasteiger partial charge in [-0.15, -0.1) is 0 Å². The summed E-state index contributed by atoms with van der Waals surface area (Å²) in [6.45, 7) is 0.138. The summed E-state index contributed by atoms with van der Waals surface area (Å²) in [6, 6.07) is 1.54. The van der Waals surface area contributed by atoms with Crippen LogP contribution in [0.3, 0.4) is 0 Å². The molecule has 0 heterocycles. The summed E-state index contributed by atoms with van der Waals surface area (Å²) in [6.07, 6.45) is 3.54. The number of benzene rings is 1. The van der Waals surface area contributed by atoms with E-state index in [2.05, 4.69) is 5.32 Å². The van der Waals surface area contributed by atoms with E-state index in [0.29, 0.717) is 17.7 Å². The lowest BCUT2D eigenvalue weighted by Gasteiger charge is -2.21. The Labute approximate surface area is 106 Å². The van der Waals surface area contributed by atoms with Gasteiger partial charge in [0.15, 0.2) is 5.78 Å². The van der Waals surface area contributed by atoms with E-state index in [9.17, 15) is 9.18 Å². The van der Waals surface area contributed by atoms with Crippen molar-refractivity contribution in [3.05, 3.63) is 28.6 Å². The first-order valence-electron chi connectivity index (χ1n) is 6.25. The predicted molar refractivity (Wildman–Crippen MR) is 67.9 cm³/mol. The van der Waals surface area contributed by atoms with Gasteiger partial charge in [0.1, 0.15) is 11.6 Å². The number of hydrogen-bond acceptors (Lipinski definition) is 3. The fourth-order valence-corrected chi connectivity index (χ4v) is 2.50. The van der Waals surface area contributed by atoms with Crippen LogP contribution in [0.15, 0.2) is 6.07 Å². The van der Waals surface area contributed by atoms with Crippen LogP contribution >= 0.6 is 0 Å². The van der Waals surface area contributed by atoms with Crippen LogP contribution in [0, 0.1) is 5.82 Å². The minimum Gasteiger partial charge on any atom is -0.496 e. The zero-order valence-electron chi connectivity index (χ0n) is 10.8. The molecule has 18 heavy (non-hydrogen) atoms. The average molecular weight is 251 g/mol. The number of ether oxygens (including phenoxy) is 1. The molecule has 0 saturated heterocycles. The molecule has 0 unspecified atom stereocenters. The molecule has 1 aliphatic carbocycles. The summed E-state index contributed by atoms with van der Waals surface area (Å²) < 4.78 is 19.6. The highest BCUT2D eigenvalue weighted by atomic mass is 19.1. The van der Waals surface area contributed by atoms with Crippen molar-refractivity contribution in [3.8, 4) is 5.75 Å². The molecule has 98 valence electrons. The second-order valence-corrected chi connectivity index (χ2v) is 4.56. The Hall–Kier alpha value is -1.42. The van der Waals surface area contributed by atoms with Gasteiger partial charge in [0.2, 0.25) is 0 Å². The maximum Gasteiger partial charge on any atom is 0.179 e. The molecule has 0 amide bonds. The van der Waals surface area contributed by atoms with Gasteiger partial charge in [0.05, 0.1) is 19.2 Å². The normalized spacial score (nSPS) is 14.2. The van der Waals surface area contributed by atoms with E-state index in [0.717, 1.165) is 24.8 Å². The lowest BCUT2D eigenvalue weighted by molar-refractivity contribution is 0.0989. The van der Waals surface area contributed by atoms with E-state index in [1.807, 2.05) is 0 Å². The largest absolute Gasteiger partial charge is 0.496 e. The van der Waals surface area contributed by atoms with E-state index in [1.54, 1.807) is 20.2 Å². The van der Waals surface area contributed by atoms with E-state index < -0.39 is 0 Å². The van der Waals surface area contributed by atoms with Gasteiger partial charge in [-0.3, -0.25) is 4.79 Å². The summed E-state index contributed by atoms with van der Waals surface area (Å²) in [7, 11) is 3.24. The number of carbonyl (C=O) groups excluding carboxylic acids is 1. The number of methoxy groups -OCH3 is 1. The number of halogens is 1. The Morgan fingerprint density at radius 2 is 2.06 bits per heavy atom. The Balaban J connectivity index is 2.51. The van der Waals surface area contributed by atoms with Crippen LogP contribution in [-0.4, -0.2) is 26.5 Å². The van der Waals surface area contributed by atoms with Crippen LogP contribution in [0.4, 0.5) is 4.39 Å². The molecule has 0 fully saturated rings. The molecule has 0 bridgehead atoms. The molecule has 0 atom stereocenters. The first-order valence-corrected chi connectivity index (χ1v) is 6.25. The van der Waals surface area contributed by atoms with Gasteiger partial charge in [0, 0.05) is 5.56 Å². The van der Waals surface area contributed by atoms with Crippen molar-refractivity contribution in [1.29, 1.82) is 0 Å². The first kappa shape index (κ1) is 13.0. The lowest BCUT2D eigenvalue weighted by Crippen LogP contribution is -2.21. The molecule has 0 saturated carbocycles. The smallest absolute Gasteiger partial charge is 0.179 e. The Kier molecular flexibility index (Phi) is 3.97. The Morgan fingerprint density at radius 1 is 1.39 bits per heavy atom. The van der Waals surface area contributed by atoms with Gasteiger partial charge in [-0.25, -0.2) is 4.39 Å². The molecule has 1 aromatic carbocycles. The van der Waals surface area contributed by atoms with Crippen LogP contribution in [0.2, 0.25) is 0 Å². The van der Waals surface area contributed by atoms with Gasteiger partial charge in [-0.05, 0) is 44.4 Å². The van der Waals surface area contributed by atoms with Crippen LogP contribution in [0.5, 0.6) is 5.75 Å². The number of carbonyl (C=O) groups is 1. The van der Waals surface area contributed by atoms with Gasteiger partial charge >= 0.3 is 0 Å². The molecule has 0 aromatic heterocycles. The van der Waals surface area contributed by atoms with Crippen LogP contribution in [0.25, 0.3) is 0 Å². The molecule has 4 heteroatoms. The quantitative estimate of drug-likeness (QED) is 0.833. The van der Waals surface area contributed by atoms with Crippen molar-refractivity contribution in [2.75, 3.05) is 20.7 Å². The second kappa shape index (κ2) is 5.48. The molecule has 0 radical (unpaired) electrons. The Bertz CT molecular complexity index is 471. The SMILES string of the molecule is CNCC(=O)c1cc(OC)c2c(c1F)CCCC2. The molecule has 3 nitrogen and oxygen atoms in total. The monoisotopic (exact) mass is 251 g/mol. The zero-order valence-corrected chi connectivity index (χ0v) is 10.8. The fourth-order valence-electron chi connectivity index (χ4n) is 2.50. The summed E-state index contributed by atoms with van der Waals surface area (Å²) in [5.41, 5.74) is 1.74. The zero-order chi connectivity index (χ0) is 13.1. The first-order chi connectivity index (χ1) is 8.69. The molecule has 0 spiro atoms. The number of fused-ring (bicyclic) bond motifs is 1. The summed E-state index contributed by atoms with van der Waals surface area (Å²) in [5.74, 6) is 0.0537. The van der Waals surface area contributed by atoms with Crippen LogP contribution in [0.1, 0.15) is 34.3 Å². The van der Waals surface area contributed by atoms with E-state index in [4.69, 9.17) is 4.74 Å². The van der Waals surface area contributed by atoms with Gasteiger partial charge < -0.3 is 10.1 Å². The molecule has 0 aliphatic heterocycles. The van der Waals surface area contributed by atoms with E-state index in [-0.39, 0.29) is 23.7 Å². The van der Waals surface area contributed by atoms with Crippen molar-refractivity contribution in [2.24, 2.45) is 0 Å². The van der Waals surface area contributed by atoms with Crippen molar-refractivity contribution in [3.63, 3.8) is 0 Å². The third kappa shape index (κ3) is 2.25. The van der Waals surface area contributed by atoms with Crippen molar-refractivity contribution in [2.45, 2.75) is 25.7 Å². The molecule has 2 rings (SSSR count). The van der Waals surface area contributed by atoms with Crippen LogP contribution < -0.4 is 10.1 Å². The molecular formula is C14H18FNO2. The third-order valence-electron chi connectivity index (χ3n) is 3.40. The summed E-state index contributed by atoms with van der Waals surface area (Å²) in [4.78, 5) is 11.9. The highest BCUT2D eigenvalue weighted by Gasteiger charge is 2.23. The topological polar surface area (TPSA) is 38.3 Å². The lowest BCUT2D eigenvalue weighted by atomic mass is 9.88. The van der Waals surface area contributed by atoms with Crippen molar-refractivity contribution >= 4 is 5.78 Å². The number of hydrogen-bond donors (Lipinski definition) is 1. The maximum absolute atomic E-state index is 14.3. The fraction of sp³-hybridized carbons (Fsp3) is 0.500. The van der Waals surface area contributed by atoms with Crippen molar-refractivity contribution in [1.82, 2.24) is 5.32 Å². The average Bonchev–Trinajstić information content (AvgIpc) is 2.40. The molecule has 1 aromatic rings. The number of Topliss-reactive ketones (excluding diaryl/α,β-unsaturated/α-hetero) is 1. The van der Waals surface area contributed by atoms with Crippen molar-refractivity contribution < 1.29 is 13.9 Å². The van der Waals surface area contributed by atoms with Crippen LogP contribution in [-0.2, 0) is 12.8 Å².